The van der Waals surface area contributed by atoms with Crippen LogP contribution in [0.2, 0.25) is 0 Å². The van der Waals surface area contributed by atoms with Crippen molar-refractivity contribution in [1.82, 2.24) is 44.9 Å². The number of aromatic nitrogens is 9. The summed E-state index contributed by atoms with van der Waals surface area (Å²) in [5, 5.41) is 8.13. The predicted octanol–water partition coefficient (Wildman–Crippen LogP) is 33.6. The summed E-state index contributed by atoms with van der Waals surface area (Å²) in [5.74, 6) is 5.98. The first-order chi connectivity index (χ1) is 67.6. The number of hydrogen-bond donors (Lipinski definition) is 0. The predicted molar refractivity (Wildman–Crippen MR) is 576 cm³/mol. The number of fused-ring (bicyclic) bond motifs is 21. The molecule has 27 rings (SSSR count). The molecular weight excluding hydrogens is 1740 g/mol. The number of benzene rings is 18. The van der Waals surface area contributed by atoms with Crippen molar-refractivity contribution in [2.24, 2.45) is 0 Å². The van der Waals surface area contributed by atoms with Crippen LogP contribution in [0, 0.1) is 0 Å². The van der Waals surface area contributed by atoms with E-state index in [4.69, 9.17) is 44.9 Å². The zero-order chi connectivity index (χ0) is 92.5. The molecule has 0 amide bonds. The number of hydrogen-bond acceptors (Lipinski definition) is 12. The van der Waals surface area contributed by atoms with Crippen molar-refractivity contribution in [2.75, 3.05) is 0 Å². The molecule has 0 N–H and O–H groups in total. The third kappa shape index (κ3) is 14.4. The summed E-state index contributed by atoms with van der Waals surface area (Å²) in [6, 6.07) is 148. The van der Waals surface area contributed by atoms with Gasteiger partial charge in [0.1, 0.15) is 0 Å². The summed E-state index contributed by atoms with van der Waals surface area (Å²) in [4.78, 5) is 44.3. The Labute approximate surface area is 812 Å². The highest BCUT2D eigenvalue weighted by molar-refractivity contribution is 7.27. The largest absolute Gasteiger partial charge is 0.208 e. The van der Waals surface area contributed by atoms with Gasteiger partial charge in [-0.25, -0.2) is 44.9 Å². The van der Waals surface area contributed by atoms with Crippen LogP contribution in [0.25, 0.3) is 230 Å². The molecule has 0 spiro atoms. The molecule has 0 saturated heterocycles. The molecule has 6 heterocycles. The fraction of sp³-hybridized carbons (Fsp3) is 0.0714. The zero-order valence-electron chi connectivity index (χ0n) is 76.6. The Morgan fingerprint density at radius 2 is 0.399 bits per heavy atom. The van der Waals surface area contributed by atoms with Crippen molar-refractivity contribution >= 4 is 94.5 Å². The van der Waals surface area contributed by atoms with Gasteiger partial charge in [-0.2, -0.15) is 0 Å². The van der Waals surface area contributed by atoms with E-state index in [1.165, 1.54) is 150 Å². The van der Waals surface area contributed by atoms with E-state index in [0.717, 1.165) is 61.2 Å². The maximum Gasteiger partial charge on any atom is 0.164 e. The Kier molecular flexibility index (Phi) is 20.3. The highest BCUT2D eigenvalue weighted by Crippen LogP contribution is 2.59. The van der Waals surface area contributed by atoms with Gasteiger partial charge < -0.3 is 0 Å². The van der Waals surface area contributed by atoms with E-state index in [2.05, 4.69) is 278 Å². The SMILES string of the molecule is CC1(C)c2ccccc2-c2ccc3sc4c(-c5cccc(-c6nc(-c7ccccc7)nc(-c7ccccc7)n6)c5)cccc4c3c21.CC1(C)c2ccccc2-c2ccc3sc4ccc(-c5ccc(-c6nc(-c7ccccc7)nc(-c7ccccc7)n6)cc5)cc4c3c21.CC1(C)c2ccccc2-c2ccc3sc4ccc(-c5cccc(-c6nc(-c7ccccc7)nc(-c7ccccc7)n6)c5)cc4c3c21. The molecule has 0 saturated carbocycles. The minimum Gasteiger partial charge on any atom is -0.208 e. The summed E-state index contributed by atoms with van der Waals surface area (Å²) in [5.41, 5.74) is 32.3. The summed E-state index contributed by atoms with van der Waals surface area (Å²) in [6.45, 7) is 14.2. The fourth-order valence-corrected chi connectivity index (χ4v) is 24.8. The van der Waals surface area contributed by atoms with Crippen LogP contribution in [-0.2, 0) is 16.2 Å². The average molecular weight is 1820 g/mol. The number of rotatable bonds is 12. The van der Waals surface area contributed by atoms with Crippen LogP contribution >= 0.6 is 34.0 Å². The first-order valence-corrected chi connectivity index (χ1v) is 49.3. The second-order valence-electron chi connectivity index (χ2n) is 37.4. The third-order valence-electron chi connectivity index (χ3n) is 27.9. The van der Waals surface area contributed by atoms with Gasteiger partial charge in [-0.1, -0.05) is 406 Å². The second kappa shape index (κ2) is 33.6. The van der Waals surface area contributed by atoms with Gasteiger partial charge in [-0.15, -0.1) is 34.0 Å². The summed E-state index contributed by atoms with van der Waals surface area (Å²) >= 11 is 5.66. The Morgan fingerprint density at radius 1 is 0.159 bits per heavy atom. The van der Waals surface area contributed by atoms with Crippen molar-refractivity contribution in [2.45, 2.75) is 57.8 Å². The maximum atomic E-state index is 4.99. The summed E-state index contributed by atoms with van der Waals surface area (Å²) < 4.78 is 7.96. The molecule has 3 aliphatic carbocycles. The molecule has 0 atom stereocenters. The normalized spacial score (nSPS) is 13.2. The molecule has 3 aliphatic rings. The van der Waals surface area contributed by atoms with E-state index in [0.29, 0.717) is 52.4 Å². The molecule has 0 bridgehead atoms. The van der Waals surface area contributed by atoms with E-state index in [1.807, 2.05) is 216 Å². The van der Waals surface area contributed by atoms with E-state index in [9.17, 15) is 0 Å². The van der Waals surface area contributed by atoms with Gasteiger partial charge in [0.25, 0.3) is 0 Å². The molecule has 24 aromatic rings. The van der Waals surface area contributed by atoms with Crippen molar-refractivity contribution in [3.05, 3.63) is 452 Å². The third-order valence-corrected chi connectivity index (χ3v) is 31.4. The lowest BCUT2D eigenvalue weighted by atomic mass is 9.80. The van der Waals surface area contributed by atoms with Crippen LogP contribution in [0.15, 0.2) is 419 Å². The summed E-state index contributed by atoms with van der Waals surface area (Å²) in [6.07, 6.45) is 0. The highest BCUT2D eigenvalue weighted by Gasteiger charge is 2.41. The summed E-state index contributed by atoms with van der Waals surface area (Å²) in [7, 11) is 0. The Morgan fingerprint density at radius 3 is 0.761 bits per heavy atom. The monoisotopic (exact) mass is 1820 g/mol. The Bertz CT molecular complexity index is 8710. The molecule has 0 fully saturated rings. The van der Waals surface area contributed by atoms with E-state index in [1.54, 1.807) is 0 Å². The van der Waals surface area contributed by atoms with Crippen LogP contribution in [-0.4, -0.2) is 44.9 Å². The van der Waals surface area contributed by atoms with Gasteiger partial charge in [0.15, 0.2) is 52.4 Å². The van der Waals surface area contributed by atoms with E-state index < -0.39 is 0 Å². The lowest BCUT2D eigenvalue weighted by Gasteiger charge is -2.22. The lowest BCUT2D eigenvalue weighted by Crippen LogP contribution is -2.15. The minimum atomic E-state index is -0.0685. The van der Waals surface area contributed by atoms with E-state index in [-0.39, 0.29) is 16.2 Å². The molecule has 6 aromatic heterocycles. The molecule has 0 aliphatic heterocycles. The topological polar surface area (TPSA) is 116 Å². The van der Waals surface area contributed by atoms with Crippen molar-refractivity contribution < 1.29 is 0 Å². The average Bonchev–Trinajstić information content (AvgIpc) is 1.56. The standard InChI is InChI=1S/3C42H29N3S/c1-42(2)34-22-10-9-19-31(34)32-23-24-35-36(37(32)42)33-21-12-20-30(38(33)46-35)28-17-11-18-29(25-28)41-44-39(26-13-5-3-6-14-26)43-40(45-41)27-15-7-4-8-16-27;1-42(2)34-19-10-9-18-31(34)32-21-23-36-37(38(32)42)33-25-29(20-22-35(33)46-36)28-16-11-17-30(24-28)41-44-39(26-12-5-3-6-13-26)43-40(45-41)27-14-7-4-8-15-27;1-42(2)34-16-10-9-15-31(34)32-22-24-36-37(38(32)42)33-25-30(21-23-35(33)46-36)26-17-19-29(20-18-26)41-44-39(27-11-5-3-6-12-27)43-40(45-41)28-13-7-4-8-14-28/h3*3-25H,1-2H3. The first kappa shape index (κ1) is 83.5. The highest BCUT2D eigenvalue weighted by atomic mass is 32.1. The first-order valence-electron chi connectivity index (χ1n) is 46.9. The zero-order valence-corrected chi connectivity index (χ0v) is 79.0. The lowest BCUT2D eigenvalue weighted by molar-refractivity contribution is 0.666. The van der Waals surface area contributed by atoms with Crippen molar-refractivity contribution in [1.29, 1.82) is 0 Å². The van der Waals surface area contributed by atoms with Crippen LogP contribution in [0.1, 0.15) is 74.9 Å². The molecule has 18 aromatic carbocycles. The molecule has 9 nitrogen and oxygen atoms in total. The number of nitrogens with zero attached hydrogens (tertiary/aromatic N) is 9. The quantitative estimate of drug-likeness (QED) is 0.118. The molecular formula is C126H87N9S3. The van der Waals surface area contributed by atoms with Crippen LogP contribution in [0.5, 0.6) is 0 Å². The molecule has 654 valence electrons. The molecule has 12 heteroatoms. The van der Waals surface area contributed by atoms with Gasteiger partial charge in [0.2, 0.25) is 0 Å². The van der Waals surface area contributed by atoms with Gasteiger partial charge in [0, 0.05) is 127 Å². The van der Waals surface area contributed by atoms with Gasteiger partial charge in [-0.3, -0.25) is 0 Å². The van der Waals surface area contributed by atoms with Gasteiger partial charge in [-0.05, 0) is 155 Å². The van der Waals surface area contributed by atoms with Crippen LogP contribution in [0.4, 0.5) is 0 Å². The molecule has 0 unspecified atom stereocenters. The Balaban J connectivity index is 0.000000110. The van der Waals surface area contributed by atoms with E-state index >= 15 is 0 Å². The van der Waals surface area contributed by atoms with Crippen LogP contribution in [0.3, 0.4) is 0 Å². The van der Waals surface area contributed by atoms with Crippen LogP contribution < -0.4 is 0 Å². The van der Waals surface area contributed by atoms with Crippen molar-refractivity contribution in [3.63, 3.8) is 0 Å². The number of thiophene rings is 3. The van der Waals surface area contributed by atoms with Crippen molar-refractivity contribution in [3.8, 4) is 169 Å². The molecule has 0 radical (unpaired) electrons. The van der Waals surface area contributed by atoms with Gasteiger partial charge in [0.05, 0.1) is 0 Å². The minimum absolute atomic E-state index is 0.0567. The maximum absolute atomic E-state index is 4.99. The smallest absolute Gasteiger partial charge is 0.164 e. The Hall–Kier alpha value is -16.4. The fourth-order valence-electron chi connectivity index (χ4n) is 21.3. The van der Waals surface area contributed by atoms with Gasteiger partial charge >= 0.3 is 0 Å². The second-order valence-corrected chi connectivity index (χ2v) is 40.6. The molecule has 138 heavy (non-hydrogen) atoms.